The lowest BCUT2D eigenvalue weighted by atomic mass is 9.92. The Hall–Kier alpha value is -2.24. The smallest absolute Gasteiger partial charge is 0.325 e. The first kappa shape index (κ1) is 18.5. The molecule has 3 rings (SSSR count). The molecule has 1 heterocycles. The molecule has 1 atom stereocenters. The number of urea groups is 1. The highest BCUT2D eigenvalue weighted by molar-refractivity contribution is 6.42. The molecule has 5 nitrogen and oxygen atoms in total. The molecule has 0 spiro atoms. The maximum atomic E-state index is 12.9. The van der Waals surface area contributed by atoms with Crippen LogP contribution in [0.3, 0.4) is 0 Å². The molecule has 1 aliphatic heterocycles. The van der Waals surface area contributed by atoms with Gasteiger partial charge in [0, 0.05) is 0 Å². The molecular weight excluding hydrogens is 375 g/mol. The van der Waals surface area contributed by atoms with Gasteiger partial charge in [0.25, 0.3) is 5.91 Å². The number of nitrogens with zero attached hydrogens (tertiary/aromatic N) is 1. The fourth-order valence-corrected chi connectivity index (χ4v) is 3.17. The van der Waals surface area contributed by atoms with Gasteiger partial charge in [0.15, 0.2) is 0 Å². The van der Waals surface area contributed by atoms with Gasteiger partial charge in [-0.15, -0.1) is 0 Å². The number of benzene rings is 2. The molecule has 3 amide bonds. The van der Waals surface area contributed by atoms with Crippen LogP contribution in [0.1, 0.15) is 18.1 Å². The van der Waals surface area contributed by atoms with E-state index in [9.17, 15) is 9.59 Å². The van der Waals surface area contributed by atoms with Gasteiger partial charge in [-0.1, -0.05) is 47.5 Å². The Morgan fingerprint density at radius 3 is 2.54 bits per heavy atom. The zero-order valence-corrected chi connectivity index (χ0v) is 15.9. The predicted molar refractivity (Wildman–Crippen MR) is 101 cm³/mol. The quantitative estimate of drug-likeness (QED) is 0.777. The van der Waals surface area contributed by atoms with E-state index in [0.717, 1.165) is 16.2 Å². The number of nitrogens with one attached hydrogen (secondary N) is 1. The third-order valence-corrected chi connectivity index (χ3v) is 5.18. The van der Waals surface area contributed by atoms with E-state index < -0.39 is 11.6 Å². The van der Waals surface area contributed by atoms with E-state index in [1.54, 1.807) is 25.1 Å². The first-order valence-corrected chi connectivity index (χ1v) is 8.86. The Morgan fingerprint density at radius 2 is 1.85 bits per heavy atom. The highest BCUT2D eigenvalue weighted by Gasteiger charge is 2.48. The second kappa shape index (κ2) is 7.17. The Balaban J connectivity index is 1.72. The minimum Gasteiger partial charge on any atom is -0.491 e. The molecule has 26 heavy (non-hydrogen) atoms. The summed E-state index contributed by atoms with van der Waals surface area (Å²) in [6.45, 7) is 3.94. The summed E-state index contributed by atoms with van der Waals surface area (Å²) in [5.41, 5.74) is 0.381. The van der Waals surface area contributed by atoms with Crippen LogP contribution in [0, 0.1) is 6.92 Å². The van der Waals surface area contributed by atoms with Crippen molar-refractivity contribution in [1.82, 2.24) is 10.2 Å². The molecule has 1 N–H and O–H groups in total. The Labute approximate surface area is 161 Å². The first-order chi connectivity index (χ1) is 12.3. The molecule has 136 valence electrons. The minimum absolute atomic E-state index is 0.149. The summed E-state index contributed by atoms with van der Waals surface area (Å²) >= 11 is 12.0. The van der Waals surface area contributed by atoms with Gasteiger partial charge in [0.1, 0.15) is 17.9 Å². The molecule has 2 aromatic carbocycles. The van der Waals surface area contributed by atoms with Gasteiger partial charge in [-0.2, -0.15) is 0 Å². The molecule has 1 aliphatic rings. The summed E-state index contributed by atoms with van der Waals surface area (Å²) in [6.07, 6.45) is 0. The number of hydrogen-bond acceptors (Lipinski definition) is 3. The Bertz CT molecular complexity index is 872. The van der Waals surface area contributed by atoms with Crippen molar-refractivity contribution in [3.63, 3.8) is 0 Å². The van der Waals surface area contributed by atoms with Crippen LogP contribution >= 0.6 is 23.2 Å². The fourth-order valence-electron chi connectivity index (χ4n) is 2.87. The van der Waals surface area contributed by atoms with Gasteiger partial charge in [0.2, 0.25) is 0 Å². The second-order valence-electron chi connectivity index (χ2n) is 6.25. The van der Waals surface area contributed by atoms with E-state index in [2.05, 4.69) is 5.32 Å². The third kappa shape index (κ3) is 3.37. The van der Waals surface area contributed by atoms with Crippen molar-refractivity contribution < 1.29 is 14.3 Å². The lowest BCUT2D eigenvalue weighted by Gasteiger charge is -2.22. The largest absolute Gasteiger partial charge is 0.491 e. The number of rotatable bonds is 5. The van der Waals surface area contributed by atoms with Crippen LogP contribution < -0.4 is 10.1 Å². The van der Waals surface area contributed by atoms with Crippen molar-refractivity contribution in [2.45, 2.75) is 19.4 Å². The summed E-state index contributed by atoms with van der Waals surface area (Å²) in [7, 11) is 0. The van der Waals surface area contributed by atoms with Gasteiger partial charge < -0.3 is 10.1 Å². The molecule has 7 heteroatoms. The molecule has 1 fully saturated rings. The van der Waals surface area contributed by atoms with Crippen LogP contribution in [0.25, 0.3) is 0 Å². The second-order valence-corrected chi connectivity index (χ2v) is 7.07. The third-order valence-electron chi connectivity index (χ3n) is 4.44. The number of imide groups is 1. The Morgan fingerprint density at radius 1 is 1.12 bits per heavy atom. The van der Waals surface area contributed by atoms with Gasteiger partial charge in [-0.05, 0) is 43.2 Å². The number of ether oxygens (including phenoxy) is 1. The van der Waals surface area contributed by atoms with Gasteiger partial charge in [-0.25, -0.2) is 4.79 Å². The van der Waals surface area contributed by atoms with E-state index in [1.807, 2.05) is 31.2 Å². The molecule has 1 saturated heterocycles. The lowest BCUT2D eigenvalue weighted by molar-refractivity contribution is -0.131. The number of halogens is 2. The summed E-state index contributed by atoms with van der Waals surface area (Å²) < 4.78 is 5.69. The predicted octanol–water partition coefficient (Wildman–Crippen LogP) is 4.15. The summed E-state index contributed by atoms with van der Waals surface area (Å²) in [5.74, 6) is 0.376. The highest BCUT2D eigenvalue weighted by atomic mass is 35.5. The van der Waals surface area contributed by atoms with E-state index >= 15 is 0 Å². The van der Waals surface area contributed by atoms with Crippen molar-refractivity contribution in [1.29, 1.82) is 0 Å². The van der Waals surface area contributed by atoms with E-state index in [-0.39, 0.29) is 19.1 Å². The fraction of sp³-hybridized carbons (Fsp3) is 0.263. The molecule has 0 radical (unpaired) electrons. The minimum atomic E-state index is -1.19. The lowest BCUT2D eigenvalue weighted by Crippen LogP contribution is -2.41. The van der Waals surface area contributed by atoms with Crippen molar-refractivity contribution in [3.05, 3.63) is 63.6 Å². The molecule has 0 aromatic heterocycles. The number of carbonyl (C=O) groups is 2. The number of aryl methyl sites for hydroxylation is 1. The van der Waals surface area contributed by atoms with Crippen molar-refractivity contribution in [2.75, 3.05) is 13.2 Å². The molecule has 1 unspecified atom stereocenters. The van der Waals surface area contributed by atoms with E-state index in [1.165, 1.54) is 0 Å². The summed E-state index contributed by atoms with van der Waals surface area (Å²) in [5, 5.41) is 3.45. The van der Waals surface area contributed by atoms with Crippen molar-refractivity contribution in [3.8, 4) is 5.75 Å². The number of amides is 3. The maximum Gasteiger partial charge on any atom is 0.325 e. The monoisotopic (exact) mass is 392 g/mol. The van der Waals surface area contributed by atoms with E-state index in [4.69, 9.17) is 27.9 Å². The number of para-hydroxylation sites is 1. The van der Waals surface area contributed by atoms with E-state index in [0.29, 0.717) is 15.6 Å². The summed E-state index contributed by atoms with van der Waals surface area (Å²) in [6, 6.07) is 12.0. The number of carbonyl (C=O) groups excluding carboxylic acids is 2. The summed E-state index contributed by atoms with van der Waals surface area (Å²) in [4.78, 5) is 26.3. The van der Waals surface area contributed by atoms with Crippen molar-refractivity contribution in [2.24, 2.45) is 0 Å². The Kier molecular flexibility index (Phi) is 5.12. The zero-order valence-electron chi connectivity index (χ0n) is 14.4. The molecule has 0 saturated carbocycles. The molecular formula is C19H18Cl2N2O3. The van der Waals surface area contributed by atoms with Crippen LogP contribution in [0.15, 0.2) is 42.5 Å². The average Bonchev–Trinajstić information content (AvgIpc) is 2.83. The molecule has 0 bridgehead atoms. The topological polar surface area (TPSA) is 58.6 Å². The van der Waals surface area contributed by atoms with Gasteiger partial charge in [0.05, 0.1) is 16.6 Å². The first-order valence-electron chi connectivity index (χ1n) is 8.11. The van der Waals surface area contributed by atoms with Gasteiger partial charge in [-0.3, -0.25) is 9.69 Å². The highest BCUT2D eigenvalue weighted by Crippen LogP contribution is 2.33. The van der Waals surface area contributed by atoms with Crippen LogP contribution in [0.4, 0.5) is 4.79 Å². The SMILES string of the molecule is Cc1ccccc1OCCN1C(=O)NC(C)(c2ccc(Cl)c(Cl)c2)C1=O. The van der Waals surface area contributed by atoms with Crippen molar-refractivity contribution >= 4 is 35.1 Å². The molecule has 2 aromatic rings. The average molecular weight is 393 g/mol. The molecule has 0 aliphatic carbocycles. The zero-order chi connectivity index (χ0) is 18.9. The van der Waals surface area contributed by atoms with Gasteiger partial charge >= 0.3 is 6.03 Å². The van der Waals surface area contributed by atoms with Crippen LogP contribution in [-0.4, -0.2) is 30.0 Å². The van der Waals surface area contributed by atoms with Crippen LogP contribution in [0.5, 0.6) is 5.75 Å². The van der Waals surface area contributed by atoms with Crippen LogP contribution in [0.2, 0.25) is 10.0 Å². The number of hydrogen-bond donors (Lipinski definition) is 1. The normalized spacial score (nSPS) is 19.6. The van der Waals surface area contributed by atoms with Crippen LogP contribution in [-0.2, 0) is 10.3 Å². The maximum absolute atomic E-state index is 12.9. The standard InChI is InChI=1S/C19H18Cl2N2O3/c1-12-5-3-4-6-16(12)26-10-9-23-17(24)19(2,22-18(23)25)13-7-8-14(20)15(21)11-13/h3-8,11H,9-10H2,1-2H3,(H,22,25).